The van der Waals surface area contributed by atoms with Gasteiger partial charge in [0.15, 0.2) is 11.5 Å². The van der Waals surface area contributed by atoms with E-state index in [0.29, 0.717) is 49.3 Å². The number of nitrogens with zero attached hydrogens (tertiary/aromatic N) is 2. The van der Waals surface area contributed by atoms with E-state index >= 15 is 0 Å². The Hall–Kier alpha value is -3.55. The number of rotatable bonds is 5. The third-order valence-electron chi connectivity index (χ3n) is 7.23. The summed E-state index contributed by atoms with van der Waals surface area (Å²) in [4.78, 5) is 41.9. The third kappa shape index (κ3) is 4.70. The summed E-state index contributed by atoms with van der Waals surface area (Å²) in [7, 11) is 0. The standard InChI is InChI=1S/C27H31N3O5/c1-27(21-8-9-22-23(17-21)35-15-5-14-34-22)25(32)30(26(33)28-27)18-24(31)29-12-10-20(11-13-29)16-19-6-3-2-4-7-19/h2-4,6-9,17,20H,5,10-16,18H2,1H3,(H,28,33)/t27-/m1/s1. The smallest absolute Gasteiger partial charge is 0.325 e. The molecule has 2 aromatic carbocycles. The molecule has 184 valence electrons. The van der Waals surface area contributed by atoms with E-state index < -0.39 is 17.5 Å². The Morgan fingerprint density at radius 2 is 1.74 bits per heavy atom. The molecule has 0 aromatic heterocycles. The molecule has 3 aliphatic heterocycles. The average Bonchev–Trinajstić information content (AvgIpc) is 3.02. The molecule has 1 N–H and O–H groups in total. The van der Waals surface area contributed by atoms with E-state index in [1.54, 1.807) is 30.0 Å². The Bertz CT molecular complexity index is 1110. The third-order valence-corrected chi connectivity index (χ3v) is 7.23. The fraction of sp³-hybridized carbons (Fsp3) is 0.444. The first-order chi connectivity index (χ1) is 16.9. The van der Waals surface area contributed by atoms with Gasteiger partial charge in [0.1, 0.15) is 12.1 Å². The van der Waals surface area contributed by atoms with Crippen LogP contribution in [0.15, 0.2) is 48.5 Å². The molecule has 0 radical (unpaired) electrons. The Kier molecular flexibility index (Phi) is 6.36. The van der Waals surface area contributed by atoms with Crippen LogP contribution >= 0.6 is 0 Å². The minimum Gasteiger partial charge on any atom is -0.490 e. The van der Waals surface area contributed by atoms with Crippen LogP contribution < -0.4 is 14.8 Å². The molecule has 35 heavy (non-hydrogen) atoms. The average molecular weight is 478 g/mol. The van der Waals surface area contributed by atoms with E-state index in [4.69, 9.17) is 9.47 Å². The molecule has 0 bridgehead atoms. The van der Waals surface area contributed by atoms with Gasteiger partial charge in [-0.2, -0.15) is 0 Å². The summed E-state index contributed by atoms with van der Waals surface area (Å²) < 4.78 is 11.4. The lowest BCUT2D eigenvalue weighted by Crippen LogP contribution is -2.46. The summed E-state index contributed by atoms with van der Waals surface area (Å²) in [5.74, 6) is 1.06. The van der Waals surface area contributed by atoms with Crippen molar-refractivity contribution >= 4 is 17.8 Å². The highest BCUT2D eigenvalue weighted by Crippen LogP contribution is 2.36. The van der Waals surface area contributed by atoms with Gasteiger partial charge in [0.05, 0.1) is 13.2 Å². The number of hydrogen-bond donors (Lipinski definition) is 1. The molecule has 4 amide bonds. The minimum atomic E-state index is -1.27. The van der Waals surface area contributed by atoms with Crippen LogP contribution in [-0.4, -0.2) is 60.5 Å². The summed E-state index contributed by atoms with van der Waals surface area (Å²) in [6, 6.07) is 15.1. The first kappa shape index (κ1) is 23.2. The number of nitrogens with one attached hydrogen (secondary N) is 1. The van der Waals surface area contributed by atoms with E-state index in [2.05, 4.69) is 17.4 Å². The second kappa shape index (κ2) is 9.60. The van der Waals surface area contributed by atoms with E-state index in [1.165, 1.54) is 5.56 Å². The Morgan fingerprint density at radius 1 is 1.03 bits per heavy atom. The number of likely N-dealkylation sites (tertiary alicyclic amines) is 1. The molecule has 2 aromatic rings. The molecule has 0 unspecified atom stereocenters. The van der Waals surface area contributed by atoms with Crippen molar-refractivity contribution in [1.82, 2.24) is 15.1 Å². The largest absolute Gasteiger partial charge is 0.490 e. The monoisotopic (exact) mass is 477 g/mol. The zero-order valence-corrected chi connectivity index (χ0v) is 20.0. The normalized spacial score (nSPS) is 22.7. The molecule has 3 heterocycles. The number of piperidine rings is 1. The first-order valence-electron chi connectivity index (χ1n) is 12.3. The number of hydrogen-bond acceptors (Lipinski definition) is 5. The van der Waals surface area contributed by atoms with Gasteiger partial charge in [-0.15, -0.1) is 0 Å². The van der Waals surface area contributed by atoms with Crippen molar-refractivity contribution in [3.05, 3.63) is 59.7 Å². The van der Waals surface area contributed by atoms with Crippen LogP contribution in [0.2, 0.25) is 0 Å². The van der Waals surface area contributed by atoms with Crippen molar-refractivity contribution in [3.8, 4) is 11.5 Å². The molecule has 2 fully saturated rings. The van der Waals surface area contributed by atoms with Crippen molar-refractivity contribution < 1.29 is 23.9 Å². The van der Waals surface area contributed by atoms with Crippen LogP contribution in [-0.2, 0) is 21.5 Å². The van der Waals surface area contributed by atoms with Crippen LogP contribution in [0.5, 0.6) is 11.5 Å². The second-order valence-electron chi connectivity index (χ2n) is 9.67. The lowest BCUT2D eigenvalue weighted by molar-refractivity contribution is -0.139. The zero-order valence-electron chi connectivity index (χ0n) is 20.0. The summed E-state index contributed by atoms with van der Waals surface area (Å²) in [6.45, 7) is 3.77. The number of amides is 4. The summed E-state index contributed by atoms with van der Waals surface area (Å²) in [5.41, 5.74) is 0.632. The van der Waals surface area contributed by atoms with Gasteiger partial charge in [0.25, 0.3) is 5.91 Å². The molecule has 0 aliphatic carbocycles. The van der Waals surface area contributed by atoms with Gasteiger partial charge in [-0.3, -0.25) is 14.5 Å². The van der Waals surface area contributed by atoms with E-state index in [0.717, 1.165) is 30.6 Å². The number of carbonyl (C=O) groups is 3. The predicted molar refractivity (Wildman–Crippen MR) is 129 cm³/mol. The van der Waals surface area contributed by atoms with Crippen molar-refractivity contribution in [1.29, 1.82) is 0 Å². The number of carbonyl (C=O) groups excluding carboxylic acids is 3. The van der Waals surface area contributed by atoms with Gasteiger partial charge < -0.3 is 19.7 Å². The van der Waals surface area contributed by atoms with Crippen LogP contribution in [0.25, 0.3) is 0 Å². The summed E-state index contributed by atoms with van der Waals surface area (Å²) in [6.07, 6.45) is 3.60. The molecule has 0 spiro atoms. The fourth-order valence-corrected chi connectivity index (χ4v) is 5.08. The molecule has 8 heteroatoms. The predicted octanol–water partition coefficient (Wildman–Crippen LogP) is 3.10. The maximum absolute atomic E-state index is 13.3. The topological polar surface area (TPSA) is 88.2 Å². The van der Waals surface area contributed by atoms with Gasteiger partial charge >= 0.3 is 6.03 Å². The number of imide groups is 1. The van der Waals surface area contributed by atoms with E-state index in [-0.39, 0.29) is 12.5 Å². The molecular formula is C27H31N3O5. The van der Waals surface area contributed by atoms with Crippen LogP contribution in [0.3, 0.4) is 0 Å². The molecule has 3 aliphatic rings. The molecule has 2 saturated heterocycles. The Morgan fingerprint density at radius 3 is 2.49 bits per heavy atom. The lowest BCUT2D eigenvalue weighted by atomic mass is 9.90. The maximum atomic E-state index is 13.3. The van der Waals surface area contributed by atoms with Crippen LogP contribution in [0, 0.1) is 5.92 Å². The van der Waals surface area contributed by atoms with Gasteiger partial charge in [-0.05, 0) is 55.4 Å². The van der Waals surface area contributed by atoms with Gasteiger partial charge in [-0.25, -0.2) is 4.79 Å². The minimum absolute atomic E-state index is 0.199. The summed E-state index contributed by atoms with van der Waals surface area (Å²) in [5, 5.41) is 2.78. The van der Waals surface area contributed by atoms with Crippen molar-refractivity contribution in [2.75, 3.05) is 32.8 Å². The van der Waals surface area contributed by atoms with Crippen molar-refractivity contribution in [2.45, 2.75) is 38.1 Å². The number of benzene rings is 2. The Balaban J connectivity index is 1.21. The fourth-order valence-electron chi connectivity index (χ4n) is 5.08. The van der Waals surface area contributed by atoms with Gasteiger partial charge in [0, 0.05) is 19.5 Å². The second-order valence-corrected chi connectivity index (χ2v) is 9.67. The molecule has 0 saturated carbocycles. The quantitative estimate of drug-likeness (QED) is 0.669. The number of fused-ring (bicyclic) bond motifs is 1. The number of urea groups is 1. The highest BCUT2D eigenvalue weighted by Gasteiger charge is 2.50. The first-order valence-corrected chi connectivity index (χ1v) is 12.3. The van der Waals surface area contributed by atoms with E-state index in [1.807, 2.05) is 18.2 Å². The van der Waals surface area contributed by atoms with E-state index in [9.17, 15) is 14.4 Å². The van der Waals surface area contributed by atoms with Gasteiger partial charge in [0.2, 0.25) is 5.91 Å². The SMILES string of the molecule is C[C@]1(c2ccc3c(c2)OCCCO3)NC(=O)N(CC(=O)N2CCC(Cc3ccccc3)CC2)C1=O. The Labute approximate surface area is 205 Å². The number of ether oxygens (including phenoxy) is 2. The molecule has 8 nitrogen and oxygen atoms in total. The maximum Gasteiger partial charge on any atom is 0.325 e. The van der Waals surface area contributed by atoms with Gasteiger partial charge in [-0.1, -0.05) is 36.4 Å². The van der Waals surface area contributed by atoms with Crippen molar-refractivity contribution in [2.24, 2.45) is 5.92 Å². The molecule has 5 rings (SSSR count). The highest BCUT2D eigenvalue weighted by molar-refractivity contribution is 6.09. The molecule has 1 atom stereocenters. The summed E-state index contributed by atoms with van der Waals surface area (Å²) >= 11 is 0. The van der Waals surface area contributed by atoms with Crippen LogP contribution in [0.4, 0.5) is 4.79 Å². The zero-order chi connectivity index (χ0) is 24.4. The van der Waals surface area contributed by atoms with Crippen molar-refractivity contribution in [3.63, 3.8) is 0 Å². The van der Waals surface area contributed by atoms with Crippen LogP contribution in [0.1, 0.15) is 37.3 Å². The lowest BCUT2D eigenvalue weighted by Gasteiger charge is -2.33. The molecular weight excluding hydrogens is 446 g/mol. The highest BCUT2D eigenvalue weighted by atomic mass is 16.5.